The summed E-state index contributed by atoms with van der Waals surface area (Å²) in [5.41, 5.74) is 8.46. The lowest BCUT2D eigenvalue weighted by molar-refractivity contribution is 0.122. The molecule has 0 radical (unpaired) electrons. The van der Waals surface area contributed by atoms with E-state index >= 15 is 0 Å². The monoisotopic (exact) mass is 339 g/mol. The first-order chi connectivity index (χ1) is 11.5. The van der Waals surface area contributed by atoms with Crippen molar-refractivity contribution in [3.8, 4) is 0 Å². The van der Waals surface area contributed by atoms with Crippen LogP contribution in [0.1, 0.15) is 0 Å². The molecule has 0 spiro atoms. The van der Waals surface area contributed by atoms with Crippen molar-refractivity contribution < 1.29 is 13.9 Å². The van der Waals surface area contributed by atoms with E-state index in [1.807, 2.05) is 0 Å². The predicted octanol–water partition coefficient (Wildman–Crippen LogP) is -0.368. The molecular formula is C14H22FN7O2. The van der Waals surface area contributed by atoms with Crippen molar-refractivity contribution in [2.45, 2.75) is 6.10 Å². The van der Waals surface area contributed by atoms with Crippen LogP contribution < -0.4 is 33.1 Å². The number of hydrazine groups is 2. The molecule has 132 valence electrons. The van der Waals surface area contributed by atoms with E-state index < -0.39 is 18.0 Å². The fraction of sp³-hybridized carbons (Fsp3) is 0.357. The Morgan fingerprint density at radius 1 is 1.46 bits per heavy atom. The fourth-order valence-electron chi connectivity index (χ4n) is 2.32. The molecule has 24 heavy (non-hydrogen) atoms. The number of hydrogen-bond acceptors (Lipinski definition) is 8. The van der Waals surface area contributed by atoms with Crippen LogP contribution in [0.3, 0.4) is 0 Å². The zero-order valence-corrected chi connectivity index (χ0v) is 13.1. The van der Waals surface area contributed by atoms with Crippen LogP contribution in [-0.2, 0) is 4.74 Å². The summed E-state index contributed by atoms with van der Waals surface area (Å²) in [4.78, 5) is 13.3. The number of ether oxygens (including phenoxy) is 1. The summed E-state index contributed by atoms with van der Waals surface area (Å²) < 4.78 is 19.3. The number of nitrogens with two attached hydrogens (primary N) is 3. The topological polar surface area (TPSA) is 135 Å². The molecule has 0 bridgehead atoms. The second-order valence-corrected chi connectivity index (χ2v) is 5.20. The molecule has 1 aromatic rings. The van der Waals surface area contributed by atoms with Crippen LogP contribution >= 0.6 is 0 Å². The number of carbonyl (C=O) groups excluding carboxylic acids is 1. The Kier molecular flexibility index (Phi) is 6.18. The van der Waals surface area contributed by atoms with Gasteiger partial charge in [-0.05, 0) is 18.2 Å². The van der Waals surface area contributed by atoms with Crippen molar-refractivity contribution in [3.63, 3.8) is 0 Å². The molecule has 1 aromatic carbocycles. The zero-order valence-electron chi connectivity index (χ0n) is 13.1. The van der Waals surface area contributed by atoms with E-state index in [0.29, 0.717) is 24.5 Å². The van der Waals surface area contributed by atoms with E-state index in [-0.39, 0.29) is 13.1 Å². The van der Waals surface area contributed by atoms with Gasteiger partial charge >= 0.3 is 6.09 Å². The summed E-state index contributed by atoms with van der Waals surface area (Å²) in [6.07, 6.45) is 1.77. The molecule has 1 amide bonds. The molecule has 0 saturated carbocycles. The summed E-state index contributed by atoms with van der Waals surface area (Å²) in [6, 6.07) is 4.49. The van der Waals surface area contributed by atoms with E-state index in [4.69, 9.17) is 22.2 Å². The highest BCUT2D eigenvalue weighted by Gasteiger charge is 2.33. The number of benzene rings is 1. The van der Waals surface area contributed by atoms with Crippen molar-refractivity contribution in [2.75, 3.05) is 36.4 Å². The van der Waals surface area contributed by atoms with Crippen LogP contribution in [0.5, 0.6) is 0 Å². The molecule has 1 fully saturated rings. The Hall–Kier alpha value is -2.56. The lowest BCUT2D eigenvalue weighted by Gasteiger charge is -2.17. The van der Waals surface area contributed by atoms with Gasteiger partial charge < -0.3 is 20.8 Å². The molecule has 0 aromatic heterocycles. The quantitative estimate of drug-likeness (QED) is 0.246. The number of amides is 1. The largest absolute Gasteiger partial charge is 0.442 e. The van der Waals surface area contributed by atoms with Gasteiger partial charge in [0.1, 0.15) is 11.9 Å². The zero-order chi connectivity index (χ0) is 17.5. The summed E-state index contributed by atoms with van der Waals surface area (Å²) >= 11 is 0. The Bertz CT molecular complexity index is 598. The van der Waals surface area contributed by atoms with Gasteiger partial charge in [-0.25, -0.2) is 15.0 Å². The van der Waals surface area contributed by atoms with Crippen LogP contribution in [0, 0.1) is 5.82 Å². The molecule has 1 heterocycles. The smallest absolute Gasteiger partial charge is 0.414 e. The van der Waals surface area contributed by atoms with Crippen molar-refractivity contribution in [2.24, 2.45) is 17.4 Å². The minimum atomic E-state index is -0.544. The second kappa shape index (κ2) is 8.34. The molecule has 1 atom stereocenters. The molecular weight excluding hydrogens is 317 g/mol. The molecule has 0 aliphatic carbocycles. The SMILES string of the molecule is N/C=C\N(N)CC1CN(c2ccc(NCCNN)c(F)c2)C(=O)O1. The normalized spacial score (nSPS) is 17.4. The number of nitrogens with one attached hydrogen (secondary N) is 2. The molecule has 8 N–H and O–H groups in total. The van der Waals surface area contributed by atoms with Gasteiger partial charge in [0.2, 0.25) is 0 Å². The van der Waals surface area contributed by atoms with E-state index in [1.54, 1.807) is 12.1 Å². The molecule has 9 nitrogen and oxygen atoms in total. The number of halogens is 1. The molecule has 1 saturated heterocycles. The average Bonchev–Trinajstić information content (AvgIpc) is 2.89. The number of rotatable bonds is 8. The summed E-state index contributed by atoms with van der Waals surface area (Å²) in [7, 11) is 0. The highest BCUT2D eigenvalue weighted by Crippen LogP contribution is 2.26. The van der Waals surface area contributed by atoms with Crippen LogP contribution in [-0.4, -0.2) is 43.4 Å². The van der Waals surface area contributed by atoms with E-state index in [2.05, 4.69) is 10.7 Å². The van der Waals surface area contributed by atoms with Crippen LogP contribution in [0.15, 0.2) is 30.6 Å². The Morgan fingerprint density at radius 3 is 2.92 bits per heavy atom. The predicted molar refractivity (Wildman–Crippen MR) is 88.9 cm³/mol. The number of hydrogen-bond donors (Lipinski definition) is 5. The van der Waals surface area contributed by atoms with E-state index in [0.717, 1.165) is 0 Å². The molecule has 1 aliphatic heterocycles. The van der Waals surface area contributed by atoms with Gasteiger partial charge in [0, 0.05) is 25.5 Å². The molecule has 1 unspecified atom stereocenters. The number of carbonyl (C=O) groups is 1. The van der Waals surface area contributed by atoms with E-state index in [1.165, 1.54) is 28.4 Å². The minimum Gasteiger partial charge on any atom is -0.442 e. The van der Waals surface area contributed by atoms with Gasteiger partial charge in [-0.15, -0.1) is 0 Å². The van der Waals surface area contributed by atoms with Crippen molar-refractivity contribution in [1.29, 1.82) is 0 Å². The van der Waals surface area contributed by atoms with Gasteiger partial charge in [0.15, 0.2) is 0 Å². The first-order valence-electron chi connectivity index (χ1n) is 7.40. The third kappa shape index (κ3) is 4.47. The second-order valence-electron chi connectivity index (χ2n) is 5.20. The Labute approximate surface area is 139 Å². The average molecular weight is 339 g/mol. The maximum absolute atomic E-state index is 14.1. The summed E-state index contributed by atoms with van der Waals surface area (Å²) in [5.74, 6) is 10.4. The molecule has 2 rings (SSSR count). The molecule has 10 heteroatoms. The maximum atomic E-state index is 14.1. The summed E-state index contributed by atoms with van der Waals surface area (Å²) in [6.45, 7) is 1.52. The van der Waals surface area contributed by atoms with Crippen LogP contribution in [0.2, 0.25) is 0 Å². The van der Waals surface area contributed by atoms with Gasteiger partial charge in [-0.2, -0.15) is 0 Å². The fourth-order valence-corrected chi connectivity index (χ4v) is 2.32. The Morgan fingerprint density at radius 2 is 2.25 bits per heavy atom. The van der Waals surface area contributed by atoms with Gasteiger partial charge in [-0.1, -0.05) is 0 Å². The standard InChI is InChI=1S/C14H22FN7O2/c15-12-7-10(1-2-13(12)19-4-5-20-17)22-9-11(24-14(22)23)8-21(18)6-3-16/h1-3,6-7,11,19-20H,4-5,8-9,16-18H2/b6-3-. The highest BCUT2D eigenvalue weighted by molar-refractivity contribution is 5.90. The number of anilines is 2. The lowest BCUT2D eigenvalue weighted by atomic mass is 10.2. The number of cyclic esters (lactones) is 1. The first-order valence-corrected chi connectivity index (χ1v) is 7.40. The third-order valence-electron chi connectivity index (χ3n) is 3.42. The van der Waals surface area contributed by atoms with Gasteiger partial charge in [0.25, 0.3) is 0 Å². The van der Waals surface area contributed by atoms with Crippen LogP contribution in [0.25, 0.3) is 0 Å². The van der Waals surface area contributed by atoms with Crippen molar-refractivity contribution >= 4 is 17.5 Å². The van der Waals surface area contributed by atoms with Crippen molar-refractivity contribution in [3.05, 3.63) is 36.4 Å². The maximum Gasteiger partial charge on any atom is 0.414 e. The molecule has 1 aliphatic rings. The third-order valence-corrected chi connectivity index (χ3v) is 3.42. The van der Waals surface area contributed by atoms with Crippen LogP contribution in [0.4, 0.5) is 20.6 Å². The Balaban J connectivity index is 2.00. The van der Waals surface area contributed by atoms with Crippen molar-refractivity contribution in [1.82, 2.24) is 10.4 Å². The number of nitrogens with zero attached hydrogens (tertiary/aromatic N) is 2. The van der Waals surface area contributed by atoms with Gasteiger partial charge in [0.05, 0.1) is 24.5 Å². The van der Waals surface area contributed by atoms with Gasteiger partial charge in [-0.3, -0.25) is 16.2 Å². The minimum absolute atomic E-state index is 0.272. The highest BCUT2D eigenvalue weighted by atomic mass is 19.1. The van der Waals surface area contributed by atoms with E-state index in [9.17, 15) is 9.18 Å². The lowest BCUT2D eigenvalue weighted by Crippen LogP contribution is -2.36. The first kappa shape index (κ1) is 17.8. The summed E-state index contributed by atoms with van der Waals surface area (Å²) in [5, 5.41) is 4.22.